The molecule has 0 radical (unpaired) electrons. The van der Waals surface area contributed by atoms with E-state index in [0.717, 1.165) is 16.7 Å². The van der Waals surface area contributed by atoms with E-state index in [1.54, 1.807) is 43.3 Å². The molecular weight excluding hydrogens is 441 g/mol. The van der Waals surface area contributed by atoms with E-state index in [2.05, 4.69) is 0 Å². The number of carbonyl (C=O) groups excluding carboxylic acids is 1. The summed E-state index contributed by atoms with van der Waals surface area (Å²) in [5, 5.41) is 0.101. The topological polar surface area (TPSA) is 94.1 Å². The van der Waals surface area contributed by atoms with Crippen LogP contribution in [0.25, 0.3) is 5.57 Å². The maximum Gasteiger partial charge on any atom is 0.432 e. The largest absolute Gasteiger partial charge is 0.489 e. The van der Waals surface area contributed by atoms with Crippen LogP contribution in [0.5, 0.6) is 5.75 Å². The zero-order chi connectivity index (χ0) is 23.7. The van der Waals surface area contributed by atoms with Crippen molar-refractivity contribution in [3.63, 3.8) is 0 Å². The average molecular weight is 467 g/mol. The first-order valence-electron chi connectivity index (χ1n) is 10.3. The van der Waals surface area contributed by atoms with E-state index in [-0.39, 0.29) is 11.9 Å². The smallest absolute Gasteiger partial charge is 0.432 e. The van der Waals surface area contributed by atoms with Crippen LogP contribution in [0.3, 0.4) is 0 Å². The molecule has 0 aliphatic heterocycles. The highest BCUT2D eigenvalue weighted by atomic mass is 31.2. The molecule has 8 heteroatoms. The van der Waals surface area contributed by atoms with E-state index < -0.39 is 13.7 Å². The van der Waals surface area contributed by atoms with Crippen LogP contribution < -0.4 is 10.2 Å². The number of ether oxygens (including phenoxy) is 2. The van der Waals surface area contributed by atoms with Crippen LogP contribution in [-0.2, 0) is 27.1 Å². The number of nitrogens with one attached hydrogen (secondary N) is 1. The molecule has 172 valence electrons. The van der Waals surface area contributed by atoms with E-state index in [4.69, 9.17) is 14.1 Å². The molecule has 3 aromatic rings. The van der Waals surface area contributed by atoms with Crippen LogP contribution in [0.1, 0.15) is 30.5 Å². The zero-order valence-electron chi connectivity index (χ0n) is 18.4. The summed E-state index contributed by atoms with van der Waals surface area (Å²) in [5.74, 6) is 0.680. The highest BCUT2D eigenvalue weighted by Gasteiger charge is 2.26. The summed E-state index contributed by atoms with van der Waals surface area (Å²) in [5.41, 5.74) is 5.01. The van der Waals surface area contributed by atoms with Crippen LogP contribution in [0, 0.1) is 0 Å². The van der Waals surface area contributed by atoms with Gasteiger partial charge in [0, 0.05) is 5.31 Å². The average Bonchev–Trinajstić information content (AvgIpc) is 2.85. The Bertz CT molecular complexity index is 1130. The number of rotatable bonds is 9. The normalized spacial score (nSPS) is 13.4. The van der Waals surface area contributed by atoms with Gasteiger partial charge >= 0.3 is 13.7 Å². The molecule has 0 aromatic heterocycles. The maximum atomic E-state index is 12.6. The van der Waals surface area contributed by atoms with Gasteiger partial charge in [-0.2, -0.15) is 10.1 Å². The van der Waals surface area contributed by atoms with Crippen LogP contribution in [0.4, 0.5) is 4.79 Å². The second-order valence-corrected chi connectivity index (χ2v) is 9.18. The van der Waals surface area contributed by atoms with E-state index in [1.807, 2.05) is 54.0 Å². The Hall–Kier alpha value is -3.38. The van der Waals surface area contributed by atoms with Crippen molar-refractivity contribution < 1.29 is 28.4 Å². The fraction of sp³-hybridized carbons (Fsp3) is 0.160. The third-order valence-electron chi connectivity index (χ3n) is 4.97. The number of hydrogen-bond acceptors (Lipinski definition) is 5. The molecule has 33 heavy (non-hydrogen) atoms. The van der Waals surface area contributed by atoms with Crippen molar-refractivity contribution in [3.8, 4) is 5.75 Å². The van der Waals surface area contributed by atoms with Crippen molar-refractivity contribution in [2.45, 2.75) is 27.1 Å². The fourth-order valence-corrected chi connectivity index (χ4v) is 3.77. The molecule has 1 atom stereocenters. The first-order chi connectivity index (χ1) is 15.8. The molecule has 0 aliphatic carbocycles. The minimum Gasteiger partial charge on any atom is -0.489 e. The Labute approximate surface area is 193 Å². The zero-order valence-corrected chi connectivity index (χ0v) is 19.3. The summed E-state index contributed by atoms with van der Waals surface area (Å²) in [7, 11) is -4.28. The van der Waals surface area contributed by atoms with Gasteiger partial charge < -0.3 is 14.4 Å². The maximum absolute atomic E-state index is 12.6. The van der Waals surface area contributed by atoms with Crippen molar-refractivity contribution in [2.24, 2.45) is 0 Å². The molecule has 1 unspecified atom stereocenters. The molecule has 0 saturated heterocycles. The molecule has 3 rings (SSSR count). The summed E-state index contributed by atoms with van der Waals surface area (Å²) >= 11 is 0. The van der Waals surface area contributed by atoms with E-state index in [1.165, 1.54) is 6.92 Å². The summed E-state index contributed by atoms with van der Waals surface area (Å²) in [6.07, 6.45) is -0.960. The number of hydrogen-bond donors (Lipinski definition) is 2. The second kappa shape index (κ2) is 11.5. The van der Waals surface area contributed by atoms with Gasteiger partial charge in [0.25, 0.3) is 0 Å². The molecule has 1 amide bonds. The quantitative estimate of drug-likeness (QED) is 0.293. The molecule has 7 nitrogen and oxygen atoms in total. The molecule has 0 heterocycles. The lowest BCUT2D eigenvalue weighted by atomic mass is 10.1. The van der Waals surface area contributed by atoms with Gasteiger partial charge in [-0.3, -0.25) is 4.57 Å². The van der Waals surface area contributed by atoms with Gasteiger partial charge in [-0.25, -0.2) is 4.79 Å². The molecule has 0 saturated carbocycles. The fourth-order valence-electron chi connectivity index (χ4n) is 2.88. The predicted molar refractivity (Wildman–Crippen MR) is 126 cm³/mol. The second-order valence-electron chi connectivity index (χ2n) is 7.28. The third kappa shape index (κ3) is 7.32. The van der Waals surface area contributed by atoms with Crippen molar-refractivity contribution in [1.82, 2.24) is 5.48 Å². The molecule has 0 aliphatic rings. The van der Waals surface area contributed by atoms with Crippen molar-refractivity contribution >= 4 is 19.3 Å². The minimum atomic E-state index is -4.28. The van der Waals surface area contributed by atoms with Gasteiger partial charge in [0.2, 0.25) is 0 Å². The summed E-state index contributed by atoms with van der Waals surface area (Å²) in [6.45, 7) is 3.64. The molecular formula is C25H26NO6P. The van der Waals surface area contributed by atoms with Gasteiger partial charge in [0.15, 0.2) is 0 Å². The number of allylic oxidation sites excluding steroid dienone is 2. The van der Waals surface area contributed by atoms with Crippen LogP contribution in [-0.4, -0.2) is 11.0 Å². The Morgan fingerprint density at radius 2 is 1.39 bits per heavy atom. The number of carbonyl (C=O) groups is 1. The van der Waals surface area contributed by atoms with Crippen LogP contribution >= 0.6 is 7.60 Å². The summed E-state index contributed by atoms with van der Waals surface area (Å²) < 4.78 is 28.2. The monoisotopic (exact) mass is 467 g/mol. The van der Waals surface area contributed by atoms with Crippen molar-refractivity contribution in [1.29, 1.82) is 0 Å². The van der Waals surface area contributed by atoms with E-state index >= 15 is 0 Å². The van der Waals surface area contributed by atoms with Crippen molar-refractivity contribution in [3.05, 3.63) is 107 Å². The van der Waals surface area contributed by atoms with E-state index in [9.17, 15) is 14.3 Å². The first kappa shape index (κ1) is 24.3. The van der Waals surface area contributed by atoms with Crippen LogP contribution in [0.2, 0.25) is 0 Å². The lowest BCUT2D eigenvalue weighted by molar-refractivity contribution is 0.0896. The first-order valence-corrected chi connectivity index (χ1v) is 11.9. The van der Waals surface area contributed by atoms with Gasteiger partial charge in [-0.15, -0.1) is 0 Å². The molecule has 0 spiro atoms. The Morgan fingerprint density at radius 1 is 0.848 bits per heavy atom. The summed E-state index contributed by atoms with van der Waals surface area (Å²) in [4.78, 5) is 22.1. The Morgan fingerprint density at radius 3 is 1.97 bits per heavy atom. The highest BCUT2D eigenvalue weighted by Crippen LogP contribution is 2.52. The minimum absolute atomic E-state index is 0.0122. The lowest BCUT2D eigenvalue weighted by Crippen LogP contribution is -2.23. The van der Waals surface area contributed by atoms with E-state index in [0.29, 0.717) is 17.9 Å². The molecule has 2 N–H and O–H groups in total. The van der Waals surface area contributed by atoms with Crippen LogP contribution in [0.15, 0.2) is 90.2 Å². The molecule has 3 aromatic carbocycles. The predicted octanol–water partition coefficient (Wildman–Crippen LogP) is 6.06. The highest BCUT2D eigenvalue weighted by molar-refractivity contribution is 7.57. The van der Waals surface area contributed by atoms with Crippen molar-refractivity contribution in [2.75, 3.05) is 0 Å². The van der Waals surface area contributed by atoms with Gasteiger partial charge in [0.1, 0.15) is 19.0 Å². The summed E-state index contributed by atoms with van der Waals surface area (Å²) in [6, 6.07) is 26.0. The standard InChI is InChI=1S/C25H26NO6P/c1-19(23-13-15-24(16-14-23)30-17-21-9-5-3-6-10-21)20(2)33(28,29)32-26-25(27)31-18-22-11-7-4-8-12-22/h3-16H,17-18H2,1-2H3,(H,26,27)(H,28,29)/b20-19+. The van der Waals surface area contributed by atoms with Gasteiger partial charge in [0.05, 0.1) is 0 Å². The number of amides is 1. The Kier molecular flexibility index (Phi) is 8.44. The Balaban J connectivity index is 1.55. The SMILES string of the molecule is C/C(=C(/C)P(=O)(O)ONC(=O)OCc1ccccc1)c1ccc(OCc2ccccc2)cc1. The lowest BCUT2D eigenvalue weighted by Gasteiger charge is -2.16. The number of hydroxylamine groups is 1. The third-order valence-corrected chi connectivity index (χ3v) is 6.49. The van der Waals surface area contributed by atoms with Gasteiger partial charge in [-0.1, -0.05) is 72.8 Å². The molecule has 0 fully saturated rings. The number of benzene rings is 3. The van der Waals surface area contributed by atoms with Gasteiger partial charge in [-0.05, 0) is 48.2 Å². The molecule has 0 bridgehead atoms.